The van der Waals surface area contributed by atoms with Gasteiger partial charge in [0, 0.05) is 47.3 Å². The third kappa shape index (κ3) is 4.33. The summed E-state index contributed by atoms with van der Waals surface area (Å²) in [6.45, 7) is 0.501. The van der Waals surface area contributed by atoms with E-state index < -0.39 is 0 Å². The summed E-state index contributed by atoms with van der Waals surface area (Å²) in [7, 11) is 1.89. The van der Waals surface area contributed by atoms with Crippen LogP contribution in [0.2, 0.25) is 10.0 Å². The second-order valence-corrected chi connectivity index (χ2v) is 8.57. The van der Waals surface area contributed by atoms with E-state index >= 15 is 0 Å². The molecule has 0 saturated heterocycles. The molecule has 34 heavy (non-hydrogen) atoms. The number of anilines is 2. The quantitative estimate of drug-likeness (QED) is 0.335. The SMILES string of the molecule is CN(Cc1cccc(Cl)c1)c1c(C(=O)Nc2ccc(Cl)cc2)nn2c(-c3cn[nH]c3)ccnc12. The standard InChI is InChI=1S/C24H19Cl2N7O/c1-32(14-15-3-2-4-18(26)11-15)22-21(24(34)30-19-7-5-17(25)6-8-19)31-33-20(9-10-27-23(22)33)16-12-28-29-13-16/h2-13H,14H2,1H3,(H,28,29)(H,30,34). The van der Waals surface area contributed by atoms with Crippen molar-refractivity contribution < 1.29 is 4.79 Å². The Morgan fingerprint density at radius 2 is 1.94 bits per heavy atom. The minimum atomic E-state index is -0.362. The van der Waals surface area contributed by atoms with Crippen LogP contribution in [-0.2, 0) is 6.54 Å². The lowest BCUT2D eigenvalue weighted by atomic mass is 10.2. The number of fused-ring (bicyclic) bond motifs is 1. The van der Waals surface area contributed by atoms with E-state index in [1.165, 1.54) is 0 Å². The first-order valence-electron chi connectivity index (χ1n) is 10.4. The Labute approximate surface area is 205 Å². The van der Waals surface area contributed by atoms with Crippen molar-refractivity contribution >= 4 is 46.1 Å². The molecule has 0 bridgehead atoms. The minimum absolute atomic E-state index is 0.239. The topological polar surface area (TPSA) is 91.2 Å². The molecule has 0 aliphatic heterocycles. The van der Waals surface area contributed by atoms with Gasteiger partial charge in [0.25, 0.3) is 5.91 Å². The first kappa shape index (κ1) is 21.9. The highest BCUT2D eigenvalue weighted by atomic mass is 35.5. The number of nitrogens with one attached hydrogen (secondary N) is 2. The van der Waals surface area contributed by atoms with Crippen LogP contribution in [0.4, 0.5) is 11.4 Å². The molecular formula is C24H19Cl2N7O. The first-order valence-corrected chi connectivity index (χ1v) is 11.1. The second kappa shape index (κ2) is 9.17. The van der Waals surface area contributed by atoms with Crippen molar-refractivity contribution in [1.82, 2.24) is 24.8 Å². The predicted octanol–water partition coefficient (Wildman–Crippen LogP) is 5.31. The minimum Gasteiger partial charge on any atom is -0.365 e. The zero-order valence-electron chi connectivity index (χ0n) is 18.0. The summed E-state index contributed by atoms with van der Waals surface area (Å²) < 4.78 is 1.66. The monoisotopic (exact) mass is 491 g/mol. The highest BCUT2D eigenvalue weighted by Gasteiger charge is 2.25. The van der Waals surface area contributed by atoms with E-state index in [0.717, 1.165) is 16.8 Å². The molecule has 0 aliphatic carbocycles. The fourth-order valence-electron chi connectivity index (χ4n) is 3.76. The van der Waals surface area contributed by atoms with Crippen molar-refractivity contribution in [2.24, 2.45) is 0 Å². The van der Waals surface area contributed by atoms with Gasteiger partial charge >= 0.3 is 0 Å². The molecule has 0 atom stereocenters. The molecule has 2 aromatic carbocycles. The molecule has 3 aromatic heterocycles. The summed E-state index contributed by atoms with van der Waals surface area (Å²) in [5, 5.41) is 15.6. The Morgan fingerprint density at radius 3 is 2.68 bits per heavy atom. The van der Waals surface area contributed by atoms with E-state index in [1.54, 1.807) is 47.4 Å². The Morgan fingerprint density at radius 1 is 1.12 bits per heavy atom. The highest BCUT2D eigenvalue weighted by Crippen LogP contribution is 2.30. The number of rotatable bonds is 6. The number of nitrogens with zero attached hydrogens (tertiary/aromatic N) is 5. The average Bonchev–Trinajstić information content (AvgIpc) is 3.48. The van der Waals surface area contributed by atoms with Gasteiger partial charge in [-0.05, 0) is 48.0 Å². The molecule has 0 unspecified atom stereocenters. The van der Waals surface area contributed by atoms with Gasteiger partial charge in [-0.15, -0.1) is 0 Å². The number of H-pyrrole nitrogens is 1. The molecule has 10 heteroatoms. The fourth-order valence-corrected chi connectivity index (χ4v) is 4.10. The largest absolute Gasteiger partial charge is 0.365 e. The highest BCUT2D eigenvalue weighted by molar-refractivity contribution is 6.31. The molecule has 2 N–H and O–H groups in total. The number of benzene rings is 2. The van der Waals surface area contributed by atoms with Gasteiger partial charge in [0.15, 0.2) is 11.3 Å². The van der Waals surface area contributed by atoms with Crippen LogP contribution in [0.5, 0.6) is 0 Å². The maximum absolute atomic E-state index is 13.4. The Bertz CT molecular complexity index is 1460. The summed E-state index contributed by atoms with van der Waals surface area (Å²) in [6.07, 6.45) is 5.15. The molecule has 1 amide bonds. The molecule has 5 aromatic rings. The Kier molecular flexibility index (Phi) is 5.91. The second-order valence-electron chi connectivity index (χ2n) is 7.70. The van der Waals surface area contributed by atoms with Crippen LogP contribution in [0.3, 0.4) is 0 Å². The van der Waals surface area contributed by atoms with Crippen LogP contribution in [0, 0.1) is 0 Å². The number of aromatic nitrogens is 5. The van der Waals surface area contributed by atoms with E-state index in [2.05, 4.69) is 25.6 Å². The number of hydrogen-bond acceptors (Lipinski definition) is 5. The molecule has 8 nitrogen and oxygen atoms in total. The van der Waals surface area contributed by atoms with Crippen LogP contribution in [0.15, 0.2) is 73.2 Å². The maximum Gasteiger partial charge on any atom is 0.278 e. The molecule has 0 fully saturated rings. The van der Waals surface area contributed by atoms with Gasteiger partial charge in [0.2, 0.25) is 0 Å². The number of carbonyl (C=O) groups excluding carboxylic acids is 1. The van der Waals surface area contributed by atoms with E-state index in [1.807, 2.05) is 42.3 Å². The van der Waals surface area contributed by atoms with E-state index in [4.69, 9.17) is 23.2 Å². The summed E-state index contributed by atoms with van der Waals surface area (Å²) in [4.78, 5) is 19.9. The Balaban J connectivity index is 1.61. The zero-order valence-corrected chi connectivity index (χ0v) is 19.5. The first-order chi connectivity index (χ1) is 16.5. The summed E-state index contributed by atoms with van der Waals surface area (Å²) in [5.41, 5.74) is 4.55. The molecule has 0 spiro atoms. The lowest BCUT2D eigenvalue weighted by Gasteiger charge is -2.19. The van der Waals surface area contributed by atoms with Crippen molar-refractivity contribution in [3.8, 4) is 11.3 Å². The third-order valence-corrected chi connectivity index (χ3v) is 5.78. The molecular weight excluding hydrogens is 473 g/mol. The molecule has 0 aliphatic rings. The molecule has 0 saturated carbocycles. The van der Waals surface area contributed by atoms with Gasteiger partial charge in [0.05, 0.1) is 11.9 Å². The van der Waals surface area contributed by atoms with Crippen LogP contribution in [0.1, 0.15) is 16.1 Å². The molecule has 3 heterocycles. The van der Waals surface area contributed by atoms with Gasteiger partial charge < -0.3 is 10.2 Å². The normalized spacial score (nSPS) is 11.0. The van der Waals surface area contributed by atoms with Crippen LogP contribution < -0.4 is 10.2 Å². The number of aromatic amines is 1. The maximum atomic E-state index is 13.4. The van der Waals surface area contributed by atoms with Crippen molar-refractivity contribution in [3.05, 3.63) is 94.5 Å². The summed E-state index contributed by atoms with van der Waals surface area (Å²) >= 11 is 12.2. The predicted molar refractivity (Wildman–Crippen MR) is 134 cm³/mol. The molecule has 170 valence electrons. The molecule has 5 rings (SSSR count). The lowest BCUT2D eigenvalue weighted by molar-refractivity contribution is 0.102. The number of amides is 1. The third-order valence-electron chi connectivity index (χ3n) is 5.30. The van der Waals surface area contributed by atoms with E-state index in [-0.39, 0.29) is 11.6 Å². The van der Waals surface area contributed by atoms with Gasteiger partial charge in [-0.1, -0.05) is 35.3 Å². The summed E-state index contributed by atoms with van der Waals surface area (Å²) in [6, 6.07) is 16.3. The van der Waals surface area contributed by atoms with Crippen molar-refractivity contribution in [3.63, 3.8) is 0 Å². The fraction of sp³-hybridized carbons (Fsp3) is 0.0833. The van der Waals surface area contributed by atoms with Gasteiger partial charge in [-0.3, -0.25) is 9.89 Å². The van der Waals surface area contributed by atoms with Gasteiger partial charge in [0.1, 0.15) is 5.69 Å². The summed E-state index contributed by atoms with van der Waals surface area (Å²) in [5.74, 6) is -0.362. The lowest BCUT2D eigenvalue weighted by Crippen LogP contribution is -2.21. The van der Waals surface area contributed by atoms with E-state index in [0.29, 0.717) is 33.6 Å². The zero-order chi connectivity index (χ0) is 23.7. The van der Waals surface area contributed by atoms with Crippen molar-refractivity contribution in [2.45, 2.75) is 6.54 Å². The van der Waals surface area contributed by atoms with Crippen LogP contribution in [-0.4, -0.2) is 37.8 Å². The molecule has 0 radical (unpaired) electrons. The average molecular weight is 492 g/mol. The number of halogens is 2. The van der Waals surface area contributed by atoms with Crippen LogP contribution in [0.25, 0.3) is 16.9 Å². The van der Waals surface area contributed by atoms with Crippen molar-refractivity contribution in [1.29, 1.82) is 0 Å². The number of carbonyl (C=O) groups is 1. The Hall–Kier alpha value is -3.88. The van der Waals surface area contributed by atoms with E-state index in [9.17, 15) is 4.79 Å². The van der Waals surface area contributed by atoms with Gasteiger partial charge in [-0.2, -0.15) is 10.2 Å². The number of hydrogen-bond donors (Lipinski definition) is 2. The van der Waals surface area contributed by atoms with Gasteiger partial charge in [-0.25, -0.2) is 9.50 Å². The van der Waals surface area contributed by atoms with Crippen molar-refractivity contribution in [2.75, 3.05) is 17.3 Å². The van der Waals surface area contributed by atoms with Crippen LogP contribution >= 0.6 is 23.2 Å². The smallest absolute Gasteiger partial charge is 0.278 e.